The number of allylic oxidation sites excluding steroid dienone is 1. The standard InChI is InChI=1S/C23H21ClN4OS/c24-18-8-6-17(7-9-18)21-16-30-23(26-21)20(14-25)22(29)15-27-10-12-28(13-11-27)19-4-2-1-3-5-19/h1-9,16,29H,10-13,15H2/b22-20-. The quantitative estimate of drug-likeness (QED) is 0.446. The summed E-state index contributed by atoms with van der Waals surface area (Å²) >= 11 is 7.30. The van der Waals surface area contributed by atoms with Crippen molar-refractivity contribution < 1.29 is 5.11 Å². The molecule has 1 aliphatic heterocycles. The number of rotatable bonds is 5. The second-order valence-electron chi connectivity index (χ2n) is 7.08. The molecular formula is C23H21ClN4OS. The lowest BCUT2D eigenvalue weighted by atomic mass is 10.2. The molecule has 2 aromatic carbocycles. The van der Waals surface area contributed by atoms with Crippen molar-refractivity contribution in [1.29, 1.82) is 5.26 Å². The molecule has 1 saturated heterocycles. The van der Waals surface area contributed by atoms with Gasteiger partial charge < -0.3 is 10.0 Å². The molecule has 1 aliphatic rings. The fraction of sp³-hybridized carbons (Fsp3) is 0.217. The number of nitrogens with zero attached hydrogens (tertiary/aromatic N) is 4. The fourth-order valence-corrected chi connectivity index (χ4v) is 4.44. The Balaban J connectivity index is 1.43. The molecular weight excluding hydrogens is 416 g/mol. The number of aliphatic hydroxyl groups is 1. The average molecular weight is 437 g/mol. The second kappa shape index (κ2) is 9.31. The zero-order valence-corrected chi connectivity index (χ0v) is 17.9. The number of piperazine rings is 1. The summed E-state index contributed by atoms with van der Waals surface area (Å²) in [5.41, 5.74) is 3.15. The lowest BCUT2D eigenvalue weighted by Gasteiger charge is -2.35. The van der Waals surface area contributed by atoms with E-state index < -0.39 is 0 Å². The molecule has 7 heteroatoms. The van der Waals surface area contributed by atoms with Gasteiger partial charge in [0.15, 0.2) is 0 Å². The first-order valence-corrected chi connectivity index (χ1v) is 11.0. The maximum atomic E-state index is 10.7. The minimum atomic E-state index is 0.0719. The highest BCUT2D eigenvalue weighted by Gasteiger charge is 2.20. The molecule has 1 aromatic heterocycles. The van der Waals surface area contributed by atoms with Crippen molar-refractivity contribution in [2.75, 3.05) is 37.6 Å². The number of aromatic nitrogens is 1. The van der Waals surface area contributed by atoms with E-state index in [1.165, 1.54) is 17.0 Å². The number of halogens is 1. The molecule has 1 N–H and O–H groups in total. The first kappa shape index (κ1) is 20.4. The summed E-state index contributed by atoms with van der Waals surface area (Å²) < 4.78 is 0. The molecule has 0 amide bonds. The van der Waals surface area contributed by atoms with Gasteiger partial charge in [-0.25, -0.2) is 4.98 Å². The van der Waals surface area contributed by atoms with Crippen LogP contribution in [-0.4, -0.2) is 47.7 Å². The summed E-state index contributed by atoms with van der Waals surface area (Å²) in [6.45, 7) is 3.77. The molecule has 4 rings (SSSR count). The summed E-state index contributed by atoms with van der Waals surface area (Å²) in [7, 11) is 0. The second-order valence-corrected chi connectivity index (χ2v) is 8.37. The molecule has 0 bridgehead atoms. The predicted octanol–water partition coefficient (Wildman–Crippen LogP) is 5.08. The van der Waals surface area contributed by atoms with Crippen LogP contribution < -0.4 is 4.90 Å². The van der Waals surface area contributed by atoms with Crippen LogP contribution in [0.5, 0.6) is 0 Å². The van der Waals surface area contributed by atoms with E-state index in [9.17, 15) is 10.4 Å². The molecule has 0 atom stereocenters. The number of benzene rings is 2. The van der Waals surface area contributed by atoms with Crippen molar-refractivity contribution in [2.24, 2.45) is 0 Å². The number of anilines is 1. The van der Waals surface area contributed by atoms with Crippen LogP contribution >= 0.6 is 22.9 Å². The minimum Gasteiger partial charge on any atom is -0.509 e. The molecule has 2 heterocycles. The summed E-state index contributed by atoms with van der Waals surface area (Å²) in [6, 6.07) is 19.9. The lowest BCUT2D eigenvalue weighted by molar-refractivity contribution is 0.239. The Morgan fingerprint density at radius 2 is 1.77 bits per heavy atom. The number of hydrogen-bond donors (Lipinski definition) is 1. The first-order chi connectivity index (χ1) is 14.6. The van der Waals surface area contributed by atoms with Gasteiger partial charge in [0.1, 0.15) is 22.4 Å². The molecule has 0 saturated carbocycles. The van der Waals surface area contributed by atoms with Gasteiger partial charge in [-0.1, -0.05) is 41.9 Å². The van der Waals surface area contributed by atoms with Crippen LogP contribution in [0.25, 0.3) is 16.8 Å². The molecule has 0 radical (unpaired) electrons. The highest BCUT2D eigenvalue weighted by molar-refractivity contribution is 7.11. The third-order valence-corrected chi connectivity index (χ3v) is 6.24. The molecule has 0 aliphatic carbocycles. The normalized spacial score (nSPS) is 15.5. The summed E-state index contributed by atoms with van der Waals surface area (Å²) in [5, 5.41) is 23.4. The monoisotopic (exact) mass is 436 g/mol. The zero-order valence-electron chi connectivity index (χ0n) is 16.3. The van der Waals surface area contributed by atoms with Crippen LogP contribution in [-0.2, 0) is 0 Å². The molecule has 30 heavy (non-hydrogen) atoms. The molecule has 1 fully saturated rings. The number of hydrogen-bond acceptors (Lipinski definition) is 6. The van der Waals surface area contributed by atoms with E-state index >= 15 is 0 Å². The topological polar surface area (TPSA) is 63.4 Å². The van der Waals surface area contributed by atoms with E-state index in [2.05, 4.69) is 33.0 Å². The highest BCUT2D eigenvalue weighted by Crippen LogP contribution is 2.28. The number of nitriles is 1. The van der Waals surface area contributed by atoms with E-state index in [-0.39, 0.29) is 11.3 Å². The molecule has 5 nitrogen and oxygen atoms in total. The van der Waals surface area contributed by atoms with Crippen molar-refractivity contribution in [2.45, 2.75) is 0 Å². The van der Waals surface area contributed by atoms with Crippen LogP contribution in [0.15, 0.2) is 65.7 Å². The zero-order chi connectivity index (χ0) is 20.9. The van der Waals surface area contributed by atoms with Gasteiger partial charge in [-0.2, -0.15) is 5.26 Å². The third-order valence-electron chi connectivity index (χ3n) is 5.13. The van der Waals surface area contributed by atoms with Crippen molar-refractivity contribution in [3.63, 3.8) is 0 Å². The summed E-state index contributed by atoms with van der Waals surface area (Å²) in [5.74, 6) is 0.0719. The van der Waals surface area contributed by atoms with Crippen molar-refractivity contribution in [1.82, 2.24) is 9.88 Å². The molecule has 0 spiro atoms. The van der Waals surface area contributed by atoms with Gasteiger partial charge in [-0.05, 0) is 24.3 Å². The van der Waals surface area contributed by atoms with E-state index in [0.29, 0.717) is 16.6 Å². The first-order valence-electron chi connectivity index (χ1n) is 9.70. The van der Waals surface area contributed by atoms with Crippen LogP contribution in [0.3, 0.4) is 0 Å². The van der Waals surface area contributed by atoms with E-state index in [1.807, 2.05) is 47.8 Å². The van der Waals surface area contributed by atoms with Gasteiger partial charge in [0.2, 0.25) is 0 Å². The number of thiazole rings is 1. The fourth-order valence-electron chi connectivity index (χ4n) is 3.47. The lowest BCUT2D eigenvalue weighted by Crippen LogP contribution is -2.47. The van der Waals surface area contributed by atoms with E-state index in [4.69, 9.17) is 11.6 Å². The van der Waals surface area contributed by atoms with Crippen molar-refractivity contribution >= 4 is 34.2 Å². The molecule has 0 unspecified atom stereocenters. The van der Waals surface area contributed by atoms with Gasteiger partial charge in [0.05, 0.1) is 12.2 Å². The van der Waals surface area contributed by atoms with E-state index in [0.717, 1.165) is 37.4 Å². The average Bonchev–Trinajstić information content (AvgIpc) is 3.26. The summed E-state index contributed by atoms with van der Waals surface area (Å²) in [4.78, 5) is 9.06. The van der Waals surface area contributed by atoms with Crippen LogP contribution in [0.2, 0.25) is 5.02 Å². The van der Waals surface area contributed by atoms with Gasteiger partial charge in [-0.15, -0.1) is 11.3 Å². The summed E-state index contributed by atoms with van der Waals surface area (Å²) in [6.07, 6.45) is 0. The number of aliphatic hydroxyl groups excluding tert-OH is 1. The largest absolute Gasteiger partial charge is 0.509 e. The van der Waals surface area contributed by atoms with Crippen molar-refractivity contribution in [3.8, 4) is 17.3 Å². The highest BCUT2D eigenvalue weighted by atomic mass is 35.5. The maximum Gasteiger partial charge on any atom is 0.138 e. The Labute approximate surface area is 185 Å². The van der Waals surface area contributed by atoms with Gasteiger partial charge >= 0.3 is 0 Å². The third kappa shape index (κ3) is 4.65. The Morgan fingerprint density at radius 3 is 2.43 bits per heavy atom. The Morgan fingerprint density at radius 1 is 1.07 bits per heavy atom. The minimum absolute atomic E-state index is 0.0719. The van der Waals surface area contributed by atoms with Gasteiger partial charge in [-0.3, -0.25) is 4.90 Å². The van der Waals surface area contributed by atoms with Crippen LogP contribution in [0.1, 0.15) is 5.01 Å². The van der Waals surface area contributed by atoms with Gasteiger partial charge in [0.25, 0.3) is 0 Å². The van der Waals surface area contributed by atoms with Crippen LogP contribution in [0, 0.1) is 11.3 Å². The van der Waals surface area contributed by atoms with E-state index in [1.54, 1.807) is 0 Å². The van der Waals surface area contributed by atoms with Crippen molar-refractivity contribution in [3.05, 3.63) is 75.8 Å². The SMILES string of the molecule is N#C/C(=C(/O)CN1CCN(c2ccccc2)CC1)c1nc(-c2ccc(Cl)cc2)cs1. The smallest absolute Gasteiger partial charge is 0.138 e. The van der Waals surface area contributed by atoms with Crippen LogP contribution in [0.4, 0.5) is 5.69 Å². The predicted molar refractivity (Wildman–Crippen MR) is 123 cm³/mol. The molecule has 152 valence electrons. The maximum absolute atomic E-state index is 10.7. The Kier molecular flexibility index (Phi) is 6.34. The molecule has 3 aromatic rings. The van der Waals surface area contributed by atoms with Gasteiger partial charge in [0, 0.05) is 47.8 Å². The number of para-hydroxylation sites is 1. The Hall–Kier alpha value is -2.85. The Bertz CT molecular complexity index is 1060.